The Kier molecular flexibility index (Phi) is 8.50. The highest BCUT2D eigenvalue weighted by Gasteiger charge is 2.61. The molecule has 0 amide bonds. The van der Waals surface area contributed by atoms with E-state index < -0.39 is 37.5 Å². The number of carbonyl (C=O) groups is 1. The van der Waals surface area contributed by atoms with Crippen LogP contribution in [0, 0.1) is 38.1 Å². The largest absolute Gasteiger partial charge is 0.474 e. The number of aliphatic hydroxyl groups excluding tert-OH is 1. The standard InChI is InChI=1S/C29H42IN2O9P/c1-28-10-8-17(33)12-16(28)4-5-18-19-6-7-24(29(19,2)11-9-20(18)28)41-42(37,38-3)39-15-23-22(34)13-25(40-23)32-14-21(30)26(35)31-27(32)36/h14,16,18-20,22-25,34H,4-13,15H2,1-3H3,(H,31,35,36)/t16-,18?,19-,20?,22?,23?,24-,25?,28-,29-,42?/m0/s1/i30-2. The minimum atomic E-state index is -3.98. The van der Waals surface area contributed by atoms with Crippen molar-refractivity contribution in [3.05, 3.63) is 30.6 Å². The van der Waals surface area contributed by atoms with E-state index in [-0.39, 0.29) is 30.0 Å². The molecule has 6 rings (SSSR count). The van der Waals surface area contributed by atoms with E-state index in [9.17, 15) is 24.1 Å². The maximum absolute atomic E-state index is 13.7. The summed E-state index contributed by atoms with van der Waals surface area (Å²) >= 11 is 1.82. The van der Waals surface area contributed by atoms with E-state index >= 15 is 0 Å². The Balaban J connectivity index is 1.10. The number of rotatable bonds is 7. The van der Waals surface area contributed by atoms with Crippen molar-refractivity contribution in [2.45, 2.75) is 103 Å². The maximum atomic E-state index is 13.7. The van der Waals surface area contributed by atoms with Crippen molar-refractivity contribution in [2.24, 2.45) is 34.5 Å². The highest BCUT2D eigenvalue weighted by atomic mass is 125. The van der Waals surface area contributed by atoms with Crippen molar-refractivity contribution in [2.75, 3.05) is 13.7 Å². The third kappa shape index (κ3) is 5.34. The van der Waals surface area contributed by atoms with Gasteiger partial charge in [-0.15, -0.1) is 0 Å². The molecular formula is C29H42IN2O9P. The quantitative estimate of drug-likeness (QED) is 0.306. The topological polar surface area (TPSA) is 146 Å². The smallest absolute Gasteiger partial charge is 0.390 e. The van der Waals surface area contributed by atoms with E-state index in [1.165, 1.54) is 17.9 Å². The number of halogens is 1. The molecule has 234 valence electrons. The van der Waals surface area contributed by atoms with Crippen LogP contribution >= 0.6 is 30.4 Å². The molecule has 1 aromatic heterocycles. The van der Waals surface area contributed by atoms with Gasteiger partial charge in [-0.05, 0) is 102 Å². The van der Waals surface area contributed by atoms with Crippen LogP contribution in [0.15, 0.2) is 15.8 Å². The zero-order valence-corrected chi connectivity index (χ0v) is 27.5. The molecule has 13 heteroatoms. The summed E-state index contributed by atoms with van der Waals surface area (Å²) in [6, 6.07) is 0. The minimum absolute atomic E-state index is 0.104. The predicted octanol–water partition coefficient (Wildman–Crippen LogP) is 4.56. The molecule has 0 radical (unpaired) electrons. The molecule has 0 aromatic carbocycles. The number of carbonyl (C=O) groups excluding carboxylic acids is 1. The molecule has 5 fully saturated rings. The zero-order chi connectivity index (χ0) is 30.0. The van der Waals surface area contributed by atoms with Crippen LogP contribution in [0.3, 0.4) is 0 Å². The summed E-state index contributed by atoms with van der Waals surface area (Å²) in [5.74, 6) is 2.57. The number of aromatic amines is 1. The second kappa shape index (κ2) is 11.5. The number of aromatic nitrogens is 2. The van der Waals surface area contributed by atoms with Gasteiger partial charge in [0, 0.05) is 32.6 Å². The van der Waals surface area contributed by atoms with Crippen molar-refractivity contribution in [1.82, 2.24) is 9.55 Å². The van der Waals surface area contributed by atoms with Gasteiger partial charge in [0.2, 0.25) is 0 Å². The Labute approximate surface area is 259 Å². The Hall–Kier alpha value is -0.890. The summed E-state index contributed by atoms with van der Waals surface area (Å²) in [6.07, 6.45) is 7.10. The van der Waals surface area contributed by atoms with Gasteiger partial charge in [0.25, 0.3) is 5.56 Å². The first-order valence-electron chi connectivity index (χ1n) is 15.2. The first-order valence-corrected chi connectivity index (χ1v) is 17.8. The molecule has 11 atom stereocenters. The van der Waals surface area contributed by atoms with E-state index in [2.05, 4.69) is 18.8 Å². The van der Waals surface area contributed by atoms with Crippen LogP contribution in [0.1, 0.15) is 84.3 Å². The lowest BCUT2D eigenvalue weighted by atomic mass is 9.45. The monoisotopic (exact) mass is 718 g/mol. The molecule has 11 nitrogen and oxygen atoms in total. The summed E-state index contributed by atoms with van der Waals surface area (Å²) in [4.78, 5) is 38.5. The maximum Gasteiger partial charge on any atom is 0.474 e. The summed E-state index contributed by atoms with van der Waals surface area (Å²) < 4.78 is 38.4. The lowest BCUT2D eigenvalue weighted by Crippen LogP contribution is -2.54. The van der Waals surface area contributed by atoms with Gasteiger partial charge in [-0.1, -0.05) is 13.8 Å². The van der Waals surface area contributed by atoms with Crippen LogP contribution in [-0.4, -0.2) is 52.5 Å². The number of H-pyrrole nitrogens is 1. The average Bonchev–Trinajstić information content (AvgIpc) is 3.48. The number of ketones is 1. The van der Waals surface area contributed by atoms with Gasteiger partial charge < -0.3 is 9.84 Å². The van der Waals surface area contributed by atoms with E-state index in [1.54, 1.807) is 0 Å². The molecule has 1 aromatic rings. The number of nitrogens with zero attached hydrogens (tertiary/aromatic N) is 1. The molecule has 4 aliphatic carbocycles. The van der Waals surface area contributed by atoms with Crippen LogP contribution in [-0.2, 0) is 27.7 Å². The number of hydrogen-bond acceptors (Lipinski definition) is 9. The number of hydrogen-bond donors (Lipinski definition) is 2. The van der Waals surface area contributed by atoms with Gasteiger partial charge in [0.15, 0.2) is 0 Å². The number of phosphoric ester groups is 1. The highest BCUT2D eigenvalue weighted by Crippen LogP contribution is 2.68. The highest BCUT2D eigenvalue weighted by molar-refractivity contribution is 14.1. The average molecular weight is 719 g/mol. The summed E-state index contributed by atoms with van der Waals surface area (Å²) in [6.45, 7) is 4.45. The Morgan fingerprint density at radius 1 is 1.12 bits per heavy atom. The second-order valence-corrected chi connectivity index (χ2v) is 16.5. The van der Waals surface area contributed by atoms with E-state index in [4.69, 9.17) is 18.3 Å². The molecular weight excluding hydrogens is 676 g/mol. The van der Waals surface area contributed by atoms with E-state index in [0.717, 1.165) is 51.4 Å². The van der Waals surface area contributed by atoms with Crippen molar-refractivity contribution in [1.29, 1.82) is 0 Å². The molecule has 0 bridgehead atoms. The molecule has 0 spiro atoms. The predicted molar refractivity (Wildman–Crippen MR) is 161 cm³/mol. The van der Waals surface area contributed by atoms with Gasteiger partial charge in [0.1, 0.15) is 18.1 Å². The zero-order valence-electron chi connectivity index (χ0n) is 24.5. The number of fused-ring (bicyclic) bond motifs is 5. The van der Waals surface area contributed by atoms with Crippen LogP contribution in [0.4, 0.5) is 0 Å². The van der Waals surface area contributed by atoms with E-state index in [0.29, 0.717) is 39.4 Å². The van der Waals surface area contributed by atoms with Gasteiger partial charge in [-0.2, -0.15) is 0 Å². The lowest BCUT2D eigenvalue weighted by Gasteiger charge is -2.60. The molecule has 5 aliphatic rings. The summed E-state index contributed by atoms with van der Waals surface area (Å²) in [5.41, 5.74) is -1.05. The number of aliphatic hydroxyl groups is 1. The third-order valence-electron chi connectivity index (χ3n) is 11.7. The Morgan fingerprint density at radius 2 is 1.88 bits per heavy atom. The van der Waals surface area contributed by atoms with Crippen LogP contribution in [0.2, 0.25) is 0 Å². The van der Waals surface area contributed by atoms with Crippen molar-refractivity contribution in [3.8, 4) is 0 Å². The molecule has 1 saturated heterocycles. The minimum Gasteiger partial charge on any atom is -0.390 e. The van der Waals surface area contributed by atoms with E-state index in [1.807, 2.05) is 22.6 Å². The molecule has 6 unspecified atom stereocenters. The SMILES string of the molecule is COP(=O)(OCC1OC(n2cc([125I])c(=O)[nH]c2=O)CC1O)O[C@H]1CC[C@H]2C3CC[C@H]4CC(=O)CC[C@]4(C)C3CC[C@]12C. The molecule has 1 aliphatic heterocycles. The first-order chi connectivity index (χ1) is 19.9. The first kappa shape index (κ1) is 31.1. The van der Waals surface area contributed by atoms with Crippen LogP contribution < -0.4 is 11.2 Å². The Bertz CT molecular complexity index is 1380. The molecule has 4 saturated carbocycles. The number of ether oxygens (including phenoxy) is 1. The molecule has 2 N–H and O–H groups in total. The van der Waals surface area contributed by atoms with Crippen LogP contribution in [0.5, 0.6) is 0 Å². The Morgan fingerprint density at radius 3 is 2.64 bits per heavy atom. The fourth-order valence-corrected chi connectivity index (χ4v) is 11.0. The van der Waals surface area contributed by atoms with Crippen molar-refractivity contribution >= 4 is 36.2 Å². The number of phosphoric acid groups is 1. The summed E-state index contributed by atoms with van der Waals surface area (Å²) in [5, 5.41) is 10.6. The van der Waals surface area contributed by atoms with Gasteiger partial charge >= 0.3 is 13.5 Å². The normalized spacial score (nSPS) is 42.9. The summed E-state index contributed by atoms with van der Waals surface area (Å²) in [7, 11) is -2.68. The fourth-order valence-electron chi connectivity index (χ4n) is 9.33. The fraction of sp³-hybridized carbons (Fsp3) is 0.828. The molecule has 2 heterocycles. The van der Waals surface area contributed by atoms with Gasteiger partial charge in [-0.25, -0.2) is 9.36 Å². The van der Waals surface area contributed by atoms with Crippen molar-refractivity contribution < 1.29 is 32.8 Å². The van der Waals surface area contributed by atoms with Gasteiger partial charge in [-0.3, -0.25) is 32.7 Å². The van der Waals surface area contributed by atoms with Crippen LogP contribution in [0.25, 0.3) is 0 Å². The van der Waals surface area contributed by atoms with Gasteiger partial charge in [0.05, 0.1) is 22.4 Å². The number of Topliss-reactive ketones (excluding diaryl/α,β-unsaturated/α-hetero) is 1. The molecule has 42 heavy (non-hydrogen) atoms. The van der Waals surface area contributed by atoms with Crippen molar-refractivity contribution in [3.63, 3.8) is 0 Å². The lowest BCUT2D eigenvalue weighted by molar-refractivity contribution is -0.141. The number of nitrogens with one attached hydrogen (secondary N) is 1. The third-order valence-corrected chi connectivity index (χ3v) is 13.9. The second-order valence-electron chi connectivity index (χ2n) is 13.6.